The van der Waals surface area contributed by atoms with Crippen molar-refractivity contribution in [2.24, 2.45) is 0 Å². The summed E-state index contributed by atoms with van der Waals surface area (Å²) in [4.78, 5) is 0.196. The topological polar surface area (TPSA) is 50.5 Å². The maximum absolute atomic E-state index is 12.3. The van der Waals surface area contributed by atoms with Crippen molar-refractivity contribution in [3.63, 3.8) is 0 Å². The van der Waals surface area contributed by atoms with E-state index in [1.807, 2.05) is 6.07 Å². The average Bonchev–Trinajstić information content (AvgIpc) is 2.89. The summed E-state index contributed by atoms with van der Waals surface area (Å²) in [5.41, 5.74) is 0. The number of halogens is 1. The third-order valence-electron chi connectivity index (χ3n) is 2.76. The van der Waals surface area contributed by atoms with Gasteiger partial charge < -0.3 is 4.42 Å². The zero-order chi connectivity index (χ0) is 13.9. The second-order valence-corrected chi connectivity index (χ2v) is 6.59. The molecule has 0 fully saturated rings. The Kier molecular flexibility index (Phi) is 4.29. The molecule has 19 heavy (non-hydrogen) atoms. The average molecular weight is 300 g/mol. The second-order valence-electron chi connectivity index (χ2n) is 4.11. The molecular weight excluding hydrogens is 286 g/mol. The van der Waals surface area contributed by atoms with E-state index in [0.717, 1.165) is 5.76 Å². The molecule has 1 aromatic heterocycles. The molecule has 0 aliphatic carbocycles. The molecule has 2 rings (SSSR count). The van der Waals surface area contributed by atoms with Gasteiger partial charge in [0.1, 0.15) is 5.76 Å². The Hall–Kier alpha value is -1.30. The van der Waals surface area contributed by atoms with Crippen LogP contribution in [0.4, 0.5) is 0 Å². The van der Waals surface area contributed by atoms with Crippen LogP contribution in [0.5, 0.6) is 0 Å². The molecule has 0 atom stereocenters. The normalized spacial score (nSPS) is 11.9. The van der Waals surface area contributed by atoms with Crippen LogP contribution in [0, 0.1) is 0 Å². The molecule has 0 N–H and O–H groups in total. The Balaban J connectivity index is 2.11. The van der Waals surface area contributed by atoms with Crippen molar-refractivity contribution in [1.29, 1.82) is 0 Å². The van der Waals surface area contributed by atoms with Crippen LogP contribution < -0.4 is 0 Å². The van der Waals surface area contributed by atoms with Crippen molar-refractivity contribution < 1.29 is 12.8 Å². The minimum atomic E-state index is -3.51. The third kappa shape index (κ3) is 3.37. The number of rotatable bonds is 5. The second kappa shape index (κ2) is 5.77. The number of likely N-dealkylation sites (N-methyl/N-ethyl adjacent to an activating group) is 1. The van der Waals surface area contributed by atoms with E-state index in [4.69, 9.17) is 16.0 Å². The first kappa shape index (κ1) is 14.1. The summed E-state index contributed by atoms with van der Waals surface area (Å²) >= 11 is 5.82. The molecule has 0 aliphatic rings. The van der Waals surface area contributed by atoms with Crippen molar-refractivity contribution >= 4 is 21.6 Å². The monoisotopic (exact) mass is 299 g/mol. The zero-order valence-corrected chi connectivity index (χ0v) is 12.0. The Labute approximate surface area is 117 Å². The lowest BCUT2D eigenvalue weighted by atomic mass is 10.3. The van der Waals surface area contributed by atoms with Crippen molar-refractivity contribution in [3.05, 3.63) is 53.4 Å². The minimum Gasteiger partial charge on any atom is -0.469 e. The summed E-state index contributed by atoms with van der Waals surface area (Å²) in [6.07, 6.45) is 2.10. The van der Waals surface area contributed by atoms with Crippen molar-refractivity contribution in [2.75, 3.05) is 13.6 Å². The maximum Gasteiger partial charge on any atom is 0.242 e. The highest BCUT2D eigenvalue weighted by Gasteiger charge is 2.20. The number of hydrogen-bond donors (Lipinski definition) is 0. The van der Waals surface area contributed by atoms with Crippen LogP contribution in [0.1, 0.15) is 5.76 Å². The van der Waals surface area contributed by atoms with Crippen molar-refractivity contribution in [2.45, 2.75) is 11.3 Å². The summed E-state index contributed by atoms with van der Waals surface area (Å²) in [6.45, 7) is 0.350. The maximum atomic E-state index is 12.3. The molecule has 6 heteroatoms. The number of sulfonamides is 1. The van der Waals surface area contributed by atoms with Gasteiger partial charge >= 0.3 is 0 Å². The SMILES string of the molecule is CN(CCc1ccco1)S(=O)(=O)c1cccc(Cl)c1. The fourth-order valence-corrected chi connectivity index (χ4v) is 3.12. The van der Waals surface area contributed by atoms with Gasteiger partial charge in [0, 0.05) is 25.0 Å². The van der Waals surface area contributed by atoms with Gasteiger partial charge in [0.25, 0.3) is 0 Å². The predicted molar refractivity (Wildman–Crippen MR) is 73.7 cm³/mol. The molecule has 1 aromatic carbocycles. The quantitative estimate of drug-likeness (QED) is 0.853. The first-order chi connectivity index (χ1) is 9.00. The summed E-state index contributed by atoms with van der Waals surface area (Å²) < 4.78 is 31.0. The first-order valence-electron chi connectivity index (χ1n) is 5.74. The fraction of sp³-hybridized carbons (Fsp3) is 0.231. The molecule has 0 saturated carbocycles. The number of hydrogen-bond acceptors (Lipinski definition) is 3. The molecule has 0 unspecified atom stereocenters. The number of benzene rings is 1. The highest BCUT2D eigenvalue weighted by molar-refractivity contribution is 7.89. The van der Waals surface area contributed by atoms with Crippen LogP contribution in [0.3, 0.4) is 0 Å². The van der Waals surface area contributed by atoms with Gasteiger partial charge in [0.05, 0.1) is 11.2 Å². The lowest BCUT2D eigenvalue weighted by Gasteiger charge is -2.16. The van der Waals surface area contributed by atoms with E-state index in [1.165, 1.54) is 16.4 Å². The number of nitrogens with zero attached hydrogens (tertiary/aromatic N) is 1. The predicted octanol–water partition coefficient (Wildman–Crippen LogP) is 2.80. The smallest absolute Gasteiger partial charge is 0.242 e. The van der Waals surface area contributed by atoms with Crippen molar-refractivity contribution in [1.82, 2.24) is 4.31 Å². The molecule has 102 valence electrons. The third-order valence-corrected chi connectivity index (χ3v) is 4.85. The highest BCUT2D eigenvalue weighted by Crippen LogP contribution is 2.19. The Morgan fingerprint density at radius 3 is 2.68 bits per heavy atom. The van der Waals surface area contributed by atoms with Gasteiger partial charge in [-0.15, -0.1) is 0 Å². The summed E-state index contributed by atoms with van der Waals surface area (Å²) in [5.74, 6) is 0.758. The van der Waals surface area contributed by atoms with Gasteiger partial charge in [-0.2, -0.15) is 0 Å². The molecule has 4 nitrogen and oxygen atoms in total. The van der Waals surface area contributed by atoms with Gasteiger partial charge in [-0.25, -0.2) is 12.7 Å². The summed E-state index contributed by atoms with van der Waals surface area (Å²) in [7, 11) is -1.97. The van der Waals surface area contributed by atoms with E-state index < -0.39 is 10.0 Å². The minimum absolute atomic E-state index is 0.196. The fourth-order valence-electron chi connectivity index (χ4n) is 1.65. The van der Waals surface area contributed by atoms with Crippen LogP contribution in [-0.4, -0.2) is 26.3 Å². The lowest BCUT2D eigenvalue weighted by Crippen LogP contribution is -2.28. The van der Waals surface area contributed by atoms with E-state index in [2.05, 4.69) is 0 Å². The van der Waals surface area contributed by atoms with Crippen LogP contribution in [-0.2, 0) is 16.4 Å². The van der Waals surface area contributed by atoms with E-state index in [9.17, 15) is 8.42 Å². The molecule has 0 bridgehead atoms. The molecular formula is C13H14ClNO3S. The van der Waals surface area contributed by atoms with Gasteiger partial charge in [-0.3, -0.25) is 0 Å². The molecule has 1 heterocycles. The molecule has 0 saturated heterocycles. The molecule has 0 amide bonds. The van der Waals surface area contributed by atoms with E-state index in [-0.39, 0.29) is 4.90 Å². The summed E-state index contributed by atoms with van der Waals surface area (Å²) in [5, 5.41) is 0.403. The van der Waals surface area contributed by atoms with E-state index in [0.29, 0.717) is 18.0 Å². The lowest BCUT2D eigenvalue weighted by molar-refractivity contribution is 0.441. The van der Waals surface area contributed by atoms with Crippen LogP contribution >= 0.6 is 11.6 Å². The van der Waals surface area contributed by atoms with Gasteiger partial charge in [0.2, 0.25) is 10.0 Å². The molecule has 0 aliphatic heterocycles. The Bertz CT molecular complexity index is 638. The Morgan fingerprint density at radius 2 is 2.05 bits per heavy atom. The molecule has 0 spiro atoms. The van der Waals surface area contributed by atoms with Gasteiger partial charge in [-0.1, -0.05) is 17.7 Å². The Morgan fingerprint density at radius 1 is 1.26 bits per heavy atom. The standard InChI is InChI=1S/C13H14ClNO3S/c1-15(8-7-12-5-3-9-18-12)19(16,17)13-6-2-4-11(14)10-13/h2-6,9-10H,7-8H2,1H3. The summed E-state index contributed by atoms with van der Waals surface area (Å²) in [6, 6.07) is 9.84. The van der Waals surface area contributed by atoms with Crippen molar-refractivity contribution in [3.8, 4) is 0 Å². The van der Waals surface area contributed by atoms with Gasteiger partial charge in [0.15, 0.2) is 0 Å². The largest absolute Gasteiger partial charge is 0.469 e. The van der Waals surface area contributed by atoms with Crippen LogP contribution in [0.2, 0.25) is 5.02 Å². The van der Waals surface area contributed by atoms with E-state index >= 15 is 0 Å². The molecule has 2 aromatic rings. The first-order valence-corrected chi connectivity index (χ1v) is 7.56. The van der Waals surface area contributed by atoms with Gasteiger partial charge in [-0.05, 0) is 30.3 Å². The number of furan rings is 1. The molecule has 0 radical (unpaired) electrons. The van der Waals surface area contributed by atoms with Crippen LogP contribution in [0.15, 0.2) is 52.0 Å². The van der Waals surface area contributed by atoms with Crippen LogP contribution in [0.25, 0.3) is 0 Å². The zero-order valence-electron chi connectivity index (χ0n) is 10.4. The van der Waals surface area contributed by atoms with E-state index in [1.54, 1.807) is 31.5 Å². The highest BCUT2D eigenvalue weighted by atomic mass is 35.5.